The first kappa shape index (κ1) is 12.9. The number of likely N-dealkylation sites (N-methyl/N-ethyl adjacent to an activating group) is 1. The van der Waals surface area contributed by atoms with Crippen molar-refractivity contribution in [3.63, 3.8) is 0 Å². The van der Waals surface area contributed by atoms with Gasteiger partial charge in [-0.15, -0.1) is 0 Å². The Morgan fingerprint density at radius 3 is 2.73 bits per heavy atom. The van der Waals surface area contributed by atoms with Gasteiger partial charge in [-0.05, 0) is 45.8 Å². The van der Waals surface area contributed by atoms with Gasteiger partial charge >= 0.3 is 0 Å². The molecule has 1 aliphatic rings. The van der Waals surface area contributed by atoms with Gasteiger partial charge < -0.3 is 15.0 Å². The number of rotatable bonds is 10. The van der Waals surface area contributed by atoms with Crippen molar-refractivity contribution in [1.29, 1.82) is 0 Å². The van der Waals surface area contributed by atoms with Crippen LogP contribution in [0.25, 0.3) is 0 Å². The van der Waals surface area contributed by atoms with Crippen molar-refractivity contribution in [1.82, 2.24) is 10.2 Å². The van der Waals surface area contributed by atoms with Crippen LogP contribution in [-0.2, 0) is 4.74 Å². The summed E-state index contributed by atoms with van der Waals surface area (Å²) in [4.78, 5) is 2.41. The molecular weight excluding hydrogens is 188 g/mol. The number of ether oxygens (including phenoxy) is 1. The minimum atomic E-state index is 0.861. The van der Waals surface area contributed by atoms with Gasteiger partial charge in [0.2, 0.25) is 0 Å². The van der Waals surface area contributed by atoms with Crippen LogP contribution in [-0.4, -0.2) is 50.8 Å². The minimum absolute atomic E-state index is 0.861. The highest BCUT2D eigenvalue weighted by molar-refractivity contribution is 4.81. The molecule has 0 aromatic carbocycles. The highest BCUT2D eigenvalue weighted by Crippen LogP contribution is 2.24. The van der Waals surface area contributed by atoms with Gasteiger partial charge in [-0.3, -0.25) is 0 Å². The van der Waals surface area contributed by atoms with Crippen LogP contribution in [0.1, 0.15) is 32.6 Å². The Hall–Kier alpha value is -0.120. The van der Waals surface area contributed by atoms with Crippen molar-refractivity contribution >= 4 is 0 Å². The van der Waals surface area contributed by atoms with Crippen molar-refractivity contribution < 1.29 is 4.74 Å². The van der Waals surface area contributed by atoms with E-state index in [1.807, 2.05) is 0 Å². The first-order chi connectivity index (χ1) is 7.34. The maximum Gasteiger partial charge on any atom is 0.0593 e. The van der Waals surface area contributed by atoms with Gasteiger partial charge in [-0.2, -0.15) is 0 Å². The van der Waals surface area contributed by atoms with Crippen molar-refractivity contribution in [2.45, 2.75) is 38.6 Å². The van der Waals surface area contributed by atoms with E-state index in [9.17, 15) is 0 Å². The van der Waals surface area contributed by atoms with E-state index in [1.54, 1.807) is 0 Å². The third-order valence-corrected chi connectivity index (χ3v) is 2.83. The average molecular weight is 214 g/mol. The molecule has 0 aromatic heterocycles. The lowest BCUT2D eigenvalue weighted by atomic mass is 10.4. The molecule has 0 radical (unpaired) electrons. The second-order valence-corrected chi connectivity index (χ2v) is 4.43. The Balaban J connectivity index is 1.72. The fourth-order valence-electron chi connectivity index (χ4n) is 1.61. The molecule has 3 heteroatoms. The predicted octanol–water partition coefficient (Wildman–Crippen LogP) is 1.49. The summed E-state index contributed by atoms with van der Waals surface area (Å²) in [5.41, 5.74) is 0. The van der Waals surface area contributed by atoms with Gasteiger partial charge in [0, 0.05) is 19.2 Å². The normalized spacial score (nSPS) is 16.2. The molecule has 1 rings (SSSR count). The maximum atomic E-state index is 5.58. The van der Waals surface area contributed by atoms with E-state index in [0.29, 0.717) is 0 Å². The second-order valence-electron chi connectivity index (χ2n) is 4.43. The second kappa shape index (κ2) is 8.08. The molecule has 1 aliphatic carbocycles. The third kappa shape index (κ3) is 6.88. The fraction of sp³-hybridized carbons (Fsp3) is 1.00. The van der Waals surface area contributed by atoms with Gasteiger partial charge in [0.05, 0.1) is 6.61 Å². The fourth-order valence-corrected chi connectivity index (χ4v) is 1.61. The van der Waals surface area contributed by atoms with Crippen molar-refractivity contribution in [2.24, 2.45) is 0 Å². The van der Waals surface area contributed by atoms with Crippen molar-refractivity contribution in [3.8, 4) is 0 Å². The first-order valence-electron chi connectivity index (χ1n) is 6.33. The summed E-state index contributed by atoms with van der Waals surface area (Å²) in [5, 5.41) is 3.37. The molecule has 1 saturated carbocycles. The lowest BCUT2D eigenvalue weighted by Crippen LogP contribution is -2.25. The molecule has 1 fully saturated rings. The van der Waals surface area contributed by atoms with Gasteiger partial charge in [-0.1, -0.05) is 6.92 Å². The molecule has 0 bridgehead atoms. The van der Waals surface area contributed by atoms with Crippen molar-refractivity contribution in [3.05, 3.63) is 0 Å². The molecular formula is C12H26N2O. The number of nitrogens with zero attached hydrogens (tertiary/aromatic N) is 1. The zero-order valence-electron chi connectivity index (χ0n) is 10.3. The van der Waals surface area contributed by atoms with Crippen LogP contribution in [0.3, 0.4) is 0 Å². The Morgan fingerprint density at radius 1 is 1.27 bits per heavy atom. The van der Waals surface area contributed by atoms with Crippen LogP contribution in [0.4, 0.5) is 0 Å². The van der Waals surface area contributed by atoms with Gasteiger partial charge in [0.25, 0.3) is 0 Å². The first-order valence-corrected chi connectivity index (χ1v) is 6.33. The highest BCUT2D eigenvalue weighted by Gasteiger charge is 2.25. The molecule has 0 atom stereocenters. The maximum absolute atomic E-state index is 5.58. The lowest BCUT2D eigenvalue weighted by molar-refractivity contribution is 0.108. The summed E-state index contributed by atoms with van der Waals surface area (Å²) in [7, 11) is 2.20. The van der Waals surface area contributed by atoms with E-state index in [0.717, 1.165) is 45.3 Å². The van der Waals surface area contributed by atoms with Crippen molar-refractivity contribution in [2.75, 3.05) is 39.9 Å². The molecule has 90 valence electrons. The molecule has 0 saturated heterocycles. The number of nitrogens with one attached hydrogen (secondary N) is 1. The largest absolute Gasteiger partial charge is 0.380 e. The van der Waals surface area contributed by atoms with Crippen LogP contribution in [0.2, 0.25) is 0 Å². The zero-order chi connectivity index (χ0) is 10.9. The SMILES string of the molecule is CCCNCCCOCCN(C)C1CC1. The van der Waals surface area contributed by atoms with Crippen LogP contribution in [0, 0.1) is 0 Å². The lowest BCUT2D eigenvalue weighted by Gasteiger charge is -2.15. The monoisotopic (exact) mass is 214 g/mol. The Labute approximate surface area is 94.2 Å². The zero-order valence-corrected chi connectivity index (χ0v) is 10.3. The molecule has 1 N–H and O–H groups in total. The highest BCUT2D eigenvalue weighted by atomic mass is 16.5. The smallest absolute Gasteiger partial charge is 0.0593 e. The number of hydrogen-bond acceptors (Lipinski definition) is 3. The van der Waals surface area contributed by atoms with Crippen LogP contribution in [0.15, 0.2) is 0 Å². The molecule has 0 amide bonds. The van der Waals surface area contributed by atoms with Gasteiger partial charge in [0.15, 0.2) is 0 Å². The minimum Gasteiger partial charge on any atom is -0.380 e. The Bertz CT molecular complexity index is 149. The molecule has 0 heterocycles. The van der Waals surface area contributed by atoms with E-state index < -0.39 is 0 Å². The molecule has 0 aromatic rings. The Kier molecular flexibility index (Phi) is 6.98. The van der Waals surface area contributed by atoms with Gasteiger partial charge in [-0.25, -0.2) is 0 Å². The molecule has 15 heavy (non-hydrogen) atoms. The molecule has 0 unspecified atom stereocenters. The molecule has 0 spiro atoms. The summed E-state index contributed by atoms with van der Waals surface area (Å²) in [6.45, 7) is 7.29. The standard InChI is InChI=1S/C12H26N2O/c1-3-7-13-8-4-10-15-11-9-14(2)12-5-6-12/h12-13H,3-11H2,1-2H3. The van der Waals surface area contributed by atoms with E-state index in [-0.39, 0.29) is 0 Å². The van der Waals surface area contributed by atoms with Crippen LogP contribution >= 0.6 is 0 Å². The summed E-state index contributed by atoms with van der Waals surface area (Å²) >= 11 is 0. The van der Waals surface area contributed by atoms with Crippen LogP contribution in [0.5, 0.6) is 0 Å². The number of hydrogen-bond donors (Lipinski definition) is 1. The van der Waals surface area contributed by atoms with Gasteiger partial charge in [0.1, 0.15) is 0 Å². The van der Waals surface area contributed by atoms with E-state index in [2.05, 4.69) is 24.2 Å². The average Bonchev–Trinajstić information content (AvgIpc) is 3.05. The molecule has 0 aliphatic heterocycles. The van der Waals surface area contributed by atoms with Crippen LogP contribution < -0.4 is 5.32 Å². The van der Waals surface area contributed by atoms with E-state index in [1.165, 1.54) is 19.3 Å². The molecule has 3 nitrogen and oxygen atoms in total. The third-order valence-electron chi connectivity index (χ3n) is 2.83. The predicted molar refractivity (Wildman–Crippen MR) is 64.2 cm³/mol. The quantitative estimate of drug-likeness (QED) is 0.558. The van der Waals surface area contributed by atoms with E-state index in [4.69, 9.17) is 4.74 Å². The summed E-state index contributed by atoms with van der Waals surface area (Å²) in [6.07, 6.45) is 5.12. The van der Waals surface area contributed by atoms with E-state index >= 15 is 0 Å². The Morgan fingerprint density at radius 2 is 2.07 bits per heavy atom. The summed E-state index contributed by atoms with van der Waals surface area (Å²) in [5.74, 6) is 0. The summed E-state index contributed by atoms with van der Waals surface area (Å²) in [6, 6.07) is 0.861. The topological polar surface area (TPSA) is 24.5 Å². The summed E-state index contributed by atoms with van der Waals surface area (Å²) < 4.78 is 5.58.